The molecule has 61 valence electrons. The molecule has 0 aliphatic rings. The minimum atomic E-state index is -15.2. The molecule has 0 nitrogen and oxygen atoms in total. The van der Waals surface area contributed by atoms with Gasteiger partial charge < -0.3 is 0 Å². The normalized spacial score (nSPS) is 31.1. The van der Waals surface area contributed by atoms with E-state index >= 15 is 0 Å². The van der Waals surface area contributed by atoms with E-state index < -0.39 is 13.4 Å². The predicted octanol–water partition coefficient (Wildman–Crippen LogP) is 3.36. The van der Waals surface area contributed by atoms with Gasteiger partial charge in [0.15, 0.2) is 0 Å². The molecule has 0 heterocycles. The van der Waals surface area contributed by atoms with Crippen LogP contribution in [-0.2, 0) is 13.4 Å². The fourth-order valence-corrected chi connectivity index (χ4v) is 0. The Balaban J connectivity index is 5.84. The van der Waals surface area contributed by atoms with Crippen molar-refractivity contribution >= 4 is 0 Å². The summed E-state index contributed by atoms with van der Waals surface area (Å²) in [4.78, 5) is 0. The summed E-state index contributed by atoms with van der Waals surface area (Å²) in [6, 6.07) is 0. The topological polar surface area (TPSA) is 0 Å². The Morgan fingerprint density at radius 2 is 0.444 bits per heavy atom. The molecule has 0 saturated heterocycles. The molecule has 0 unspecified atom stereocenters. The average molecular weight is 203 g/mol. The van der Waals surface area contributed by atoms with Crippen LogP contribution in [0, 0.1) is 0 Å². The van der Waals surface area contributed by atoms with E-state index in [1.54, 1.807) is 0 Å². The van der Waals surface area contributed by atoms with Crippen LogP contribution in [-0.4, -0.2) is 0 Å². The molecule has 0 spiro atoms. The molecule has 0 radical (unpaired) electrons. The first-order valence-corrected chi connectivity index (χ1v) is 5.58. The van der Waals surface area contributed by atoms with E-state index in [-0.39, 0.29) is 0 Å². The van der Waals surface area contributed by atoms with Crippen LogP contribution in [0.5, 0.6) is 0 Å². The van der Waals surface area contributed by atoms with Gasteiger partial charge in [-0.05, 0) is 0 Å². The van der Waals surface area contributed by atoms with Gasteiger partial charge >= 0.3 is 40.6 Å². The molecule has 0 rings (SSSR count). The molecule has 9 heteroatoms. The SMILES string of the molecule is [F][V]([F])([F])([F])([F])([F])([F])[F]. The third-order valence-electron chi connectivity index (χ3n) is 0. The zero-order valence-corrected chi connectivity index (χ0v) is 4.87. The van der Waals surface area contributed by atoms with E-state index in [0.29, 0.717) is 0 Å². The molecule has 0 aromatic rings. The van der Waals surface area contributed by atoms with Gasteiger partial charge in [0, 0.05) is 0 Å². The number of halogens is 8. The summed E-state index contributed by atoms with van der Waals surface area (Å²) in [5, 5.41) is 0. The molecular weight excluding hydrogens is 203 g/mol. The Morgan fingerprint density at radius 3 is 0.444 bits per heavy atom. The zero-order valence-electron chi connectivity index (χ0n) is 3.47. The minimum absolute atomic E-state index is 9.93. The van der Waals surface area contributed by atoms with E-state index in [1.165, 1.54) is 0 Å². The quantitative estimate of drug-likeness (QED) is 0.529. The molecule has 0 N–H and O–H groups in total. The molecule has 0 bridgehead atoms. The van der Waals surface area contributed by atoms with E-state index in [1.807, 2.05) is 0 Å². The predicted molar refractivity (Wildman–Crippen MR) is 8.86 cm³/mol. The molecule has 0 amide bonds. The van der Waals surface area contributed by atoms with Gasteiger partial charge in [0.1, 0.15) is 0 Å². The fourth-order valence-electron chi connectivity index (χ4n) is 0. The van der Waals surface area contributed by atoms with Gasteiger partial charge in [-0.1, -0.05) is 0 Å². The summed E-state index contributed by atoms with van der Waals surface area (Å²) in [7, 11) is 0. The summed E-state index contributed by atoms with van der Waals surface area (Å²) >= 11 is -15.2. The molecular formula is F8V. The van der Waals surface area contributed by atoms with Crippen molar-refractivity contribution in [2.75, 3.05) is 0 Å². The summed E-state index contributed by atoms with van der Waals surface area (Å²) in [5.41, 5.74) is 0. The molecule has 0 fully saturated rings. The van der Waals surface area contributed by atoms with Gasteiger partial charge in [-0.2, -0.15) is 0 Å². The molecule has 0 aromatic heterocycles. The number of rotatable bonds is 0. The molecule has 0 saturated carbocycles. The van der Waals surface area contributed by atoms with Gasteiger partial charge in [0.2, 0.25) is 0 Å². The van der Waals surface area contributed by atoms with Crippen molar-refractivity contribution < 1.29 is 40.6 Å². The van der Waals surface area contributed by atoms with Crippen molar-refractivity contribution in [3.8, 4) is 0 Å². The van der Waals surface area contributed by atoms with E-state index in [2.05, 4.69) is 0 Å². The first-order valence-electron chi connectivity index (χ1n) is 1.35. The van der Waals surface area contributed by atoms with Crippen molar-refractivity contribution in [2.45, 2.75) is 0 Å². The summed E-state index contributed by atoms with van der Waals surface area (Å²) < 4.78 is 79.4. The maximum absolute atomic E-state index is 15.2. The molecule has 9 heavy (non-hydrogen) atoms. The zero-order chi connectivity index (χ0) is 8.35. The van der Waals surface area contributed by atoms with Gasteiger partial charge in [0.25, 0.3) is 0 Å². The van der Waals surface area contributed by atoms with Crippen LogP contribution >= 0.6 is 0 Å². The Morgan fingerprint density at radius 1 is 0.444 bits per heavy atom. The Hall–Kier alpha value is 0.0244. The van der Waals surface area contributed by atoms with E-state index in [4.69, 9.17) is 0 Å². The second-order valence-electron chi connectivity index (χ2n) is 1.79. The van der Waals surface area contributed by atoms with Crippen molar-refractivity contribution in [3.63, 3.8) is 0 Å². The third-order valence-corrected chi connectivity index (χ3v) is 0. The van der Waals surface area contributed by atoms with Gasteiger partial charge in [0.05, 0.1) is 0 Å². The Labute approximate surface area is 41.6 Å². The van der Waals surface area contributed by atoms with Crippen LogP contribution in [0.3, 0.4) is 0 Å². The van der Waals surface area contributed by atoms with Gasteiger partial charge in [-0.15, -0.1) is 0 Å². The average Bonchev–Trinajstić information content (AvgIpc) is 0.503. The van der Waals surface area contributed by atoms with Crippen LogP contribution in [0.2, 0.25) is 0 Å². The van der Waals surface area contributed by atoms with Crippen LogP contribution in [0.15, 0.2) is 0 Å². The fraction of sp³-hybridized carbons (Fsp3) is 0. The number of hydrogen-bond acceptors (Lipinski definition) is 0. The second kappa shape index (κ2) is 0.504. The molecule has 0 atom stereocenters. The standard InChI is InChI=1S/8FH.V/h8*1H;/q;;;;;;;;+8/p-8. The van der Waals surface area contributed by atoms with Crippen molar-refractivity contribution in [3.05, 3.63) is 0 Å². The van der Waals surface area contributed by atoms with Gasteiger partial charge in [-0.3, -0.25) is 0 Å². The van der Waals surface area contributed by atoms with Crippen LogP contribution < -0.4 is 0 Å². The molecule has 0 aliphatic heterocycles. The monoisotopic (exact) mass is 203 g/mol. The number of hydrogen-bond donors (Lipinski definition) is 0. The molecule has 0 aliphatic carbocycles. The maximum atomic E-state index is 9.93. The van der Waals surface area contributed by atoms with Crippen LogP contribution in [0.4, 0.5) is 27.3 Å². The van der Waals surface area contributed by atoms with E-state index in [0.717, 1.165) is 0 Å². The van der Waals surface area contributed by atoms with Crippen LogP contribution in [0.1, 0.15) is 0 Å². The molecule has 0 aromatic carbocycles. The third kappa shape index (κ3) is 489000. The summed E-state index contributed by atoms with van der Waals surface area (Å²) in [5.74, 6) is 0. The first-order chi connectivity index (χ1) is 2.83. The summed E-state index contributed by atoms with van der Waals surface area (Å²) in [6.45, 7) is 0. The van der Waals surface area contributed by atoms with E-state index in [9.17, 15) is 27.3 Å². The second-order valence-corrected chi connectivity index (χ2v) is 7.38. The van der Waals surface area contributed by atoms with Crippen LogP contribution in [0.25, 0.3) is 0 Å². The first kappa shape index (κ1) is 9.02. The van der Waals surface area contributed by atoms with Crippen molar-refractivity contribution in [1.82, 2.24) is 0 Å². The van der Waals surface area contributed by atoms with Crippen molar-refractivity contribution in [2.24, 2.45) is 0 Å². The van der Waals surface area contributed by atoms with Crippen molar-refractivity contribution in [1.29, 1.82) is 0 Å². The Bertz CT molecular complexity index is 139. The summed E-state index contributed by atoms with van der Waals surface area (Å²) in [6.07, 6.45) is 0. The Kier molecular flexibility index (Phi) is 0.506. The van der Waals surface area contributed by atoms with Gasteiger partial charge in [-0.25, -0.2) is 0 Å².